The fraction of sp³-hybridized carbons (Fsp3) is 0. The van der Waals surface area contributed by atoms with Crippen LogP contribution >= 0.6 is 22.9 Å². The highest BCUT2D eigenvalue weighted by Crippen LogP contribution is 2.25. The summed E-state index contributed by atoms with van der Waals surface area (Å²) < 4.78 is 0. The molecule has 0 saturated heterocycles. The lowest BCUT2D eigenvalue weighted by Crippen LogP contribution is -1.86. The minimum atomic E-state index is 0.522. The zero-order valence-corrected chi connectivity index (χ0v) is 10.2. The highest BCUT2D eigenvalue weighted by atomic mass is 35.5. The summed E-state index contributed by atoms with van der Waals surface area (Å²) in [6.07, 6.45) is 1.60. The summed E-state index contributed by atoms with van der Waals surface area (Å²) in [6.45, 7) is 0. The van der Waals surface area contributed by atoms with Crippen molar-refractivity contribution in [3.63, 3.8) is 0 Å². The van der Waals surface area contributed by atoms with Crippen LogP contribution in [0.15, 0.2) is 30.5 Å². The molecule has 2 N–H and O–H groups in total. The monoisotopic (exact) mass is 262 g/mol. The van der Waals surface area contributed by atoms with E-state index < -0.39 is 0 Å². The standard InChI is InChI=1S/C11H7ClN4S/c12-6-1-2-7(14-5-6)8-3-4-9-10(15-8)17-11(13)16-9/h1-5H,(H2,13,16). The van der Waals surface area contributed by atoms with E-state index in [2.05, 4.69) is 15.0 Å². The molecule has 3 rings (SSSR count). The number of hydrogen-bond acceptors (Lipinski definition) is 5. The van der Waals surface area contributed by atoms with Crippen molar-refractivity contribution in [2.45, 2.75) is 0 Å². The van der Waals surface area contributed by atoms with E-state index in [1.165, 1.54) is 11.3 Å². The quantitative estimate of drug-likeness (QED) is 0.732. The zero-order chi connectivity index (χ0) is 11.8. The molecule has 3 aromatic rings. The van der Waals surface area contributed by atoms with E-state index in [1.807, 2.05) is 18.2 Å². The molecule has 0 spiro atoms. The average Bonchev–Trinajstić information content (AvgIpc) is 2.69. The van der Waals surface area contributed by atoms with E-state index in [4.69, 9.17) is 17.3 Å². The molecule has 4 nitrogen and oxygen atoms in total. The van der Waals surface area contributed by atoms with Gasteiger partial charge in [0.05, 0.1) is 16.4 Å². The minimum Gasteiger partial charge on any atom is -0.375 e. The number of nitrogens with zero attached hydrogens (tertiary/aromatic N) is 3. The van der Waals surface area contributed by atoms with Crippen molar-refractivity contribution in [2.75, 3.05) is 5.73 Å². The molecule has 3 heterocycles. The third kappa shape index (κ3) is 1.94. The normalized spacial score (nSPS) is 10.9. The predicted molar refractivity (Wildman–Crippen MR) is 70.1 cm³/mol. The van der Waals surface area contributed by atoms with Crippen LogP contribution in [0.4, 0.5) is 5.13 Å². The molecule has 6 heteroatoms. The van der Waals surface area contributed by atoms with Crippen molar-refractivity contribution in [1.82, 2.24) is 15.0 Å². The summed E-state index contributed by atoms with van der Waals surface area (Å²) in [5, 5.41) is 1.13. The third-order valence-corrected chi connectivity index (χ3v) is 3.28. The number of aromatic nitrogens is 3. The Labute approximate surface area is 106 Å². The number of pyridine rings is 2. The Morgan fingerprint density at radius 1 is 1.06 bits per heavy atom. The van der Waals surface area contributed by atoms with Gasteiger partial charge in [-0.1, -0.05) is 22.9 Å². The Kier molecular flexibility index (Phi) is 2.42. The van der Waals surface area contributed by atoms with Crippen LogP contribution in [0, 0.1) is 0 Å². The summed E-state index contributed by atoms with van der Waals surface area (Å²) in [7, 11) is 0. The fourth-order valence-corrected chi connectivity index (χ4v) is 2.32. The fourth-order valence-electron chi connectivity index (χ4n) is 1.50. The first-order valence-electron chi connectivity index (χ1n) is 4.87. The number of nitrogens with two attached hydrogens (primary N) is 1. The first-order valence-corrected chi connectivity index (χ1v) is 6.07. The van der Waals surface area contributed by atoms with Crippen LogP contribution in [-0.2, 0) is 0 Å². The van der Waals surface area contributed by atoms with Gasteiger partial charge in [-0.25, -0.2) is 9.97 Å². The molecule has 0 aliphatic heterocycles. The average molecular weight is 263 g/mol. The van der Waals surface area contributed by atoms with Gasteiger partial charge in [0.1, 0.15) is 10.3 Å². The zero-order valence-electron chi connectivity index (χ0n) is 8.59. The van der Waals surface area contributed by atoms with Crippen molar-refractivity contribution in [3.05, 3.63) is 35.5 Å². The Bertz CT molecular complexity index is 678. The van der Waals surface area contributed by atoms with E-state index in [-0.39, 0.29) is 0 Å². The molecule has 17 heavy (non-hydrogen) atoms. The van der Waals surface area contributed by atoms with Gasteiger partial charge in [-0.2, -0.15) is 0 Å². The number of hydrogen-bond donors (Lipinski definition) is 1. The van der Waals surface area contributed by atoms with Gasteiger partial charge in [-0.05, 0) is 24.3 Å². The third-order valence-electron chi connectivity index (χ3n) is 2.26. The van der Waals surface area contributed by atoms with Crippen molar-refractivity contribution in [1.29, 1.82) is 0 Å². The molecule has 0 amide bonds. The summed E-state index contributed by atoms with van der Waals surface area (Å²) in [5.41, 5.74) is 8.01. The second-order valence-electron chi connectivity index (χ2n) is 3.43. The van der Waals surface area contributed by atoms with Crippen LogP contribution < -0.4 is 5.73 Å². The first kappa shape index (κ1) is 10.4. The van der Waals surface area contributed by atoms with E-state index in [1.54, 1.807) is 12.3 Å². The molecule has 0 unspecified atom stereocenters. The maximum absolute atomic E-state index is 5.79. The molecule has 0 saturated carbocycles. The smallest absolute Gasteiger partial charge is 0.182 e. The van der Waals surface area contributed by atoms with E-state index in [0.717, 1.165) is 21.7 Å². The molecule has 0 aliphatic carbocycles. The number of thiazole rings is 1. The lowest BCUT2D eigenvalue weighted by atomic mass is 10.2. The van der Waals surface area contributed by atoms with Crippen molar-refractivity contribution in [2.24, 2.45) is 0 Å². The number of halogens is 1. The van der Waals surface area contributed by atoms with E-state index in [9.17, 15) is 0 Å². The van der Waals surface area contributed by atoms with Gasteiger partial charge in [0.2, 0.25) is 0 Å². The van der Waals surface area contributed by atoms with Crippen molar-refractivity contribution in [3.8, 4) is 11.4 Å². The van der Waals surface area contributed by atoms with E-state index in [0.29, 0.717) is 10.2 Å². The molecule has 84 valence electrons. The SMILES string of the molecule is Nc1nc2ccc(-c3ccc(Cl)cn3)nc2s1. The summed E-state index contributed by atoms with van der Waals surface area (Å²) >= 11 is 7.16. The van der Waals surface area contributed by atoms with Gasteiger partial charge in [0.15, 0.2) is 5.13 Å². The number of nitrogen functional groups attached to an aromatic ring is 1. The summed E-state index contributed by atoms with van der Waals surface area (Å²) in [5.74, 6) is 0. The van der Waals surface area contributed by atoms with Crippen molar-refractivity contribution < 1.29 is 0 Å². The number of fused-ring (bicyclic) bond motifs is 1. The summed E-state index contributed by atoms with van der Waals surface area (Å²) in [6, 6.07) is 7.39. The molecule has 0 fully saturated rings. The van der Waals surface area contributed by atoms with Gasteiger partial charge < -0.3 is 5.73 Å². The number of anilines is 1. The molecular weight excluding hydrogens is 256 g/mol. The number of rotatable bonds is 1. The van der Waals surface area contributed by atoms with Gasteiger partial charge >= 0.3 is 0 Å². The predicted octanol–water partition coefficient (Wildman–Crippen LogP) is 2.99. The first-order chi connectivity index (χ1) is 8.22. The second kappa shape index (κ2) is 3.94. The van der Waals surface area contributed by atoms with Crippen LogP contribution in [0.3, 0.4) is 0 Å². The minimum absolute atomic E-state index is 0.522. The molecule has 3 aromatic heterocycles. The molecule has 0 atom stereocenters. The highest BCUT2D eigenvalue weighted by Gasteiger charge is 2.06. The highest BCUT2D eigenvalue weighted by molar-refractivity contribution is 7.21. The van der Waals surface area contributed by atoms with Crippen molar-refractivity contribution >= 4 is 38.4 Å². The largest absolute Gasteiger partial charge is 0.375 e. The maximum atomic E-state index is 5.79. The van der Waals surface area contributed by atoms with Crippen LogP contribution in [0.1, 0.15) is 0 Å². The van der Waals surface area contributed by atoms with E-state index >= 15 is 0 Å². The van der Waals surface area contributed by atoms with Crippen LogP contribution in [0.2, 0.25) is 5.02 Å². The van der Waals surface area contributed by atoms with Gasteiger partial charge in [-0.3, -0.25) is 4.98 Å². The lowest BCUT2D eigenvalue weighted by Gasteiger charge is -1.99. The molecule has 0 radical (unpaired) electrons. The Hall–Kier alpha value is -1.72. The maximum Gasteiger partial charge on any atom is 0.182 e. The summed E-state index contributed by atoms with van der Waals surface area (Å²) in [4.78, 5) is 13.7. The van der Waals surface area contributed by atoms with Crippen LogP contribution in [0.5, 0.6) is 0 Å². The Morgan fingerprint density at radius 2 is 1.88 bits per heavy atom. The molecule has 0 aliphatic rings. The van der Waals surface area contributed by atoms with Gasteiger partial charge in [0, 0.05) is 6.20 Å². The second-order valence-corrected chi connectivity index (χ2v) is 4.88. The van der Waals surface area contributed by atoms with Gasteiger partial charge in [-0.15, -0.1) is 0 Å². The Morgan fingerprint density at radius 3 is 2.65 bits per heavy atom. The topological polar surface area (TPSA) is 64.7 Å². The Balaban J connectivity index is 2.13. The molecule has 0 aromatic carbocycles. The molecule has 0 bridgehead atoms. The molecular formula is C11H7ClN4S. The van der Waals surface area contributed by atoms with Crippen LogP contribution in [0.25, 0.3) is 21.7 Å². The van der Waals surface area contributed by atoms with Crippen LogP contribution in [-0.4, -0.2) is 15.0 Å². The lowest BCUT2D eigenvalue weighted by molar-refractivity contribution is 1.28. The van der Waals surface area contributed by atoms with Gasteiger partial charge in [0.25, 0.3) is 0 Å².